The minimum absolute atomic E-state index is 0.0811. The summed E-state index contributed by atoms with van der Waals surface area (Å²) in [7, 11) is -4.37. The second-order valence-electron chi connectivity index (χ2n) is 7.97. The Kier molecular flexibility index (Phi) is 20.0. The van der Waals surface area contributed by atoms with Crippen molar-refractivity contribution in [2.45, 2.75) is 103 Å². The summed E-state index contributed by atoms with van der Waals surface area (Å²) in [5.74, 6) is -0.548. The van der Waals surface area contributed by atoms with Gasteiger partial charge in [0.1, 0.15) is 12.7 Å². The quantitative estimate of drug-likeness (QED) is 0.119. The Bertz CT molecular complexity index is 532. The van der Waals surface area contributed by atoms with E-state index in [9.17, 15) is 24.2 Å². The number of phosphoric acid groups is 1. The number of hydrogen-bond donors (Lipinski definition) is 3. The van der Waals surface area contributed by atoms with E-state index >= 15 is 0 Å². The summed E-state index contributed by atoms with van der Waals surface area (Å²) in [4.78, 5) is 32.8. The molecule has 0 spiro atoms. The lowest BCUT2D eigenvalue weighted by atomic mass is 10.1. The molecule has 2 unspecified atom stereocenters. The van der Waals surface area contributed by atoms with Crippen molar-refractivity contribution in [2.75, 3.05) is 26.4 Å². The number of rotatable bonds is 22. The van der Waals surface area contributed by atoms with Crippen molar-refractivity contribution in [2.24, 2.45) is 0 Å². The molecule has 0 fully saturated rings. The van der Waals surface area contributed by atoms with E-state index in [1.54, 1.807) is 0 Å². The Balaban J connectivity index is 3.73. The number of aliphatic hydroxyl groups is 1. The molecule has 10 heteroatoms. The van der Waals surface area contributed by atoms with Gasteiger partial charge in [-0.1, -0.05) is 71.6 Å². The monoisotopic (exact) mass is 481 g/mol. The maximum Gasteiger partial charge on any atom is 0.472 e. The summed E-state index contributed by atoms with van der Waals surface area (Å²) < 4.78 is 26.2. The minimum atomic E-state index is -4.37. The Hall–Kier alpha value is -0.990. The fourth-order valence-electron chi connectivity index (χ4n) is 2.91. The fourth-order valence-corrected chi connectivity index (χ4v) is 3.66. The van der Waals surface area contributed by atoms with E-state index in [0.29, 0.717) is 6.42 Å². The summed E-state index contributed by atoms with van der Waals surface area (Å²) in [5.41, 5.74) is 0. The Morgan fingerprint density at radius 2 is 1.41 bits per heavy atom. The van der Waals surface area contributed by atoms with Gasteiger partial charge in [0.25, 0.3) is 0 Å². The third-order valence-electron chi connectivity index (χ3n) is 4.79. The van der Waals surface area contributed by atoms with Gasteiger partial charge in [0.15, 0.2) is 0 Å². The third kappa shape index (κ3) is 20.9. The van der Waals surface area contributed by atoms with Crippen molar-refractivity contribution < 1.29 is 37.9 Å². The van der Waals surface area contributed by atoms with E-state index in [2.05, 4.69) is 12.2 Å². The first-order valence-corrected chi connectivity index (χ1v) is 13.5. The van der Waals surface area contributed by atoms with Crippen LogP contribution in [0.4, 0.5) is 0 Å². The number of esters is 1. The summed E-state index contributed by atoms with van der Waals surface area (Å²) >= 11 is 0. The predicted octanol–water partition coefficient (Wildman–Crippen LogP) is 4.25. The van der Waals surface area contributed by atoms with E-state index in [0.717, 1.165) is 38.5 Å². The van der Waals surface area contributed by atoms with Gasteiger partial charge in [-0.25, -0.2) is 4.57 Å². The molecule has 2 atom stereocenters. The van der Waals surface area contributed by atoms with E-state index in [-0.39, 0.29) is 32.1 Å². The van der Waals surface area contributed by atoms with Crippen molar-refractivity contribution in [1.29, 1.82) is 0 Å². The maximum atomic E-state index is 11.8. The number of hydrogen-bond acceptors (Lipinski definition) is 7. The molecule has 9 nitrogen and oxygen atoms in total. The van der Waals surface area contributed by atoms with E-state index in [1.807, 2.05) is 6.92 Å². The van der Waals surface area contributed by atoms with Crippen molar-refractivity contribution in [3.8, 4) is 0 Å². The van der Waals surface area contributed by atoms with Crippen LogP contribution in [0.5, 0.6) is 0 Å². The molecule has 3 N–H and O–H groups in total. The first-order valence-electron chi connectivity index (χ1n) is 12.0. The summed E-state index contributed by atoms with van der Waals surface area (Å²) in [6, 6.07) is 0. The summed E-state index contributed by atoms with van der Waals surface area (Å²) in [6.45, 7) is 3.29. The molecule has 0 aliphatic carbocycles. The Morgan fingerprint density at radius 1 is 0.844 bits per heavy atom. The number of phosphoric ester groups is 1. The number of aliphatic hydroxyl groups excluding tert-OH is 1. The van der Waals surface area contributed by atoms with Crippen LogP contribution < -0.4 is 5.32 Å². The topological polar surface area (TPSA) is 131 Å². The van der Waals surface area contributed by atoms with Gasteiger partial charge in [0, 0.05) is 19.4 Å². The SMILES string of the molecule is CCCCCCCCCCC(=O)OCC(O)COP(=O)(O)OCCNC(=O)CCCCC. The van der Waals surface area contributed by atoms with Crippen LogP contribution in [0.15, 0.2) is 0 Å². The standard InChI is InChI=1S/C22H44NO8P/c1-3-5-7-8-9-10-11-13-15-22(26)29-18-20(24)19-31-32(27,28)30-17-16-23-21(25)14-12-6-4-2/h20,24H,3-19H2,1-2H3,(H,23,25)(H,27,28). The Labute approximate surface area is 193 Å². The second kappa shape index (κ2) is 20.6. The first kappa shape index (κ1) is 31.0. The molecule has 0 aromatic heterocycles. The smallest absolute Gasteiger partial charge is 0.463 e. The van der Waals surface area contributed by atoms with Gasteiger partial charge in [-0.2, -0.15) is 0 Å². The van der Waals surface area contributed by atoms with Crippen LogP contribution in [0.2, 0.25) is 0 Å². The number of amides is 1. The molecule has 0 rings (SSSR count). The zero-order valence-electron chi connectivity index (χ0n) is 19.9. The van der Waals surface area contributed by atoms with Crippen LogP contribution in [0.25, 0.3) is 0 Å². The molecule has 0 heterocycles. The average molecular weight is 482 g/mol. The molecule has 0 bridgehead atoms. The first-order chi connectivity index (χ1) is 15.3. The zero-order chi connectivity index (χ0) is 24.1. The number of nitrogens with one attached hydrogen (secondary N) is 1. The largest absolute Gasteiger partial charge is 0.472 e. The highest BCUT2D eigenvalue weighted by atomic mass is 31.2. The van der Waals surface area contributed by atoms with Gasteiger partial charge in [-0.3, -0.25) is 18.6 Å². The number of unbranched alkanes of at least 4 members (excludes halogenated alkanes) is 9. The molecule has 1 amide bonds. The highest BCUT2D eigenvalue weighted by Gasteiger charge is 2.23. The lowest BCUT2D eigenvalue weighted by molar-refractivity contribution is -0.147. The fraction of sp³-hybridized carbons (Fsp3) is 0.909. The van der Waals surface area contributed by atoms with Crippen molar-refractivity contribution in [1.82, 2.24) is 5.32 Å². The van der Waals surface area contributed by atoms with Crippen LogP contribution in [0.3, 0.4) is 0 Å². The molecule has 0 aliphatic rings. The van der Waals surface area contributed by atoms with E-state index in [1.165, 1.54) is 32.1 Å². The maximum absolute atomic E-state index is 11.8. The van der Waals surface area contributed by atoms with Crippen LogP contribution in [-0.2, 0) is 27.9 Å². The van der Waals surface area contributed by atoms with Gasteiger partial charge in [0.05, 0.1) is 13.2 Å². The van der Waals surface area contributed by atoms with Crippen LogP contribution in [0, 0.1) is 0 Å². The second-order valence-corrected chi connectivity index (χ2v) is 9.42. The number of ether oxygens (including phenoxy) is 1. The predicted molar refractivity (Wildman–Crippen MR) is 123 cm³/mol. The molecular weight excluding hydrogens is 437 g/mol. The van der Waals surface area contributed by atoms with Gasteiger partial charge in [0.2, 0.25) is 5.91 Å². The van der Waals surface area contributed by atoms with Gasteiger partial charge >= 0.3 is 13.8 Å². The molecule has 0 aliphatic heterocycles. The molecular formula is C22H44NO8P. The van der Waals surface area contributed by atoms with Crippen LogP contribution >= 0.6 is 7.82 Å². The molecule has 0 saturated heterocycles. The normalized spacial score (nSPS) is 14.0. The number of carbonyl (C=O) groups is 2. The van der Waals surface area contributed by atoms with Gasteiger partial charge in [-0.15, -0.1) is 0 Å². The van der Waals surface area contributed by atoms with E-state index in [4.69, 9.17) is 13.8 Å². The summed E-state index contributed by atoms with van der Waals surface area (Å²) in [5, 5.41) is 12.4. The number of carbonyl (C=O) groups excluding carboxylic acids is 2. The highest BCUT2D eigenvalue weighted by Crippen LogP contribution is 2.42. The average Bonchev–Trinajstić information content (AvgIpc) is 2.76. The summed E-state index contributed by atoms with van der Waals surface area (Å²) in [6.07, 6.45) is 11.2. The minimum Gasteiger partial charge on any atom is -0.463 e. The van der Waals surface area contributed by atoms with Crippen LogP contribution in [-0.4, -0.2) is 54.3 Å². The molecule has 32 heavy (non-hydrogen) atoms. The molecule has 190 valence electrons. The lowest BCUT2D eigenvalue weighted by Crippen LogP contribution is -2.27. The molecule has 0 aromatic carbocycles. The van der Waals surface area contributed by atoms with E-state index < -0.39 is 26.5 Å². The third-order valence-corrected chi connectivity index (χ3v) is 5.77. The van der Waals surface area contributed by atoms with Crippen LogP contribution in [0.1, 0.15) is 97.3 Å². The lowest BCUT2D eigenvalue weighted by Gasteiger charge is -2.15. The van der Waals surface area contributed by atoms with Crippen molar-refractivity contribution >= 4 is 19.7 Å². The molecule has 0 saturated carbocycles. The van der Waals surface area contributed by atoms with Crippen molar-refractivity contribution in [3.63, 3.8) is 0 Å². The zero-order valence-corrected chi connectivity index (χ0v) is 20.8. The molecule has 0 radical (unpaired) electrons. The Morgan fingerprint density at radius 3 is 2.06 bits per heavy atom. The van der Waals surface area contributed by atoms with Gasteiger partial charge < -0.3 is 20.1 Å². The van der Waals surface area contributed by atoms with Gasteiger partial charge in [-0.05, 0) is 12.8 Å². The highest BCUT2D eigenvalue weighted by molar-refractivity contribution is 7.47. The van der Waals surface area contributed by atoms with Crippen molar-refractivity contribution in [3.05, 3.63) is 0 Å². The molecule has 0 aromatic rings.